The van der Waals surface area contributed by atoms with Crippen molar-refractivity contribution >= 4 is 23.0 Å². The molecule has 9 nitrogen and oxygen atoms in total. The monoisotopic (exact) mass is 424 g/mol. The number of fused-ring (bicyclic) bond motifs is 1. The Hall–Kier alpha value is -3.36. The summed E-state index contributed by atoms with van der Waals surface area (Å²) in [7, 11) is 1.61. The Bertz CT molecular complexity index is 1230. The van der Waals surface area contributed by atoms with Crippen molar-refractivity contribution in [1.29, 1.82) is 0 Å². The Kier molecular flexibility index (Phi) is 5.20. The van der Waals surface area contributed by atoms with Crippen LogP contribution < -0.4 is 16.1 Å². The molecule has 1 saturated heterocycles. The summed E-state index contributed by atoms with van der Waals surface area (Å²) in [5, 5.41) is 0. The number of hydrogen-bond acceptors (Lipinski definition) is 5. The molecule has 0 atom stereocenters. The van der Waals surface area contributed by atoms with Gasteiger partial charge in [-0.1, -0.05) is 44.2 Å². The number of aromatic nitrogens is 4. The molecule has 0 saturated carbocycles. The molecule has 1 fully saturated rings. The minimum atomic E-state index is -0.489. The summed E-state index contributed by atoms with van der Waals surface area (Å²) in [4.78, 5) is 47.8. The third kappa shape index (κ3) is 3.75. The number of rotatable bonds is 4. The Morgan fingerprint density at radius 3 is 2.35 bits per heavy atom. The third-order valence-electron chi connectivity index (χ3n) is 6.10. The normalized spacial score (nSPS) is 15.0. The maximum absolute atomic E-state index is 12.8. The molecule has 0 bridgehead atoms. The standard InChI is InChI=1S/C22H28N6O3/c1-15(29)26-10-12-27(13-11-26)20-23-18-17(19(30)24-21(31)25(18)4)28(20)14-22(2,3)16-8-6-5-7-9-16/h5-9H,10-14H2,1-4H3,(H,24,30,31). The van der Waals surface area contributed by atoms with Crippen molar-refractivity contribution in [2.45, 2.75) is 32.7 Å². The van der Waals surface area contributed by atoms with Gasteiger partial charge in [0.1, 0.15) is 0 Å². The highest BCUT2D eigenvalue weighted by Gasteiger charge is 2.29. The van der Waals surface area contributed by atoms with Gasteiger partial charge in [-0.05, 0) is 5.56 Å². The Morgan fingerprint density at radius 1 is 1.10 bits per heavy atom. The summed E-state index contributed by atoms with van der Waals surface area (Å²) >= 11 is 0. The zero-order chi connectivity index (χ0) is 22.3. The van der Waals surface area contributed by atoms with E-state index in [9.17, 15) is 14.4 Å². The fourth-order valence-corrected chi connectivity index (χ4v) is 4.21. The number of aromatic amines is 1. The number of carbonyl (C=O) groups excluding carboxylic acids is 1. The maximum atomic E-state index is 12.8. The molecule has 2 aromatic heterocycles. The zero-order valence-electron chi connectivity index (χ0n) is 18.4. The molecule has 1 amide bonds. The van der Waals surface area contributed by atoms with Gasteiger partial charge in [0.15, 0.2) is 11.2 Å². The van der Waals surface area contributed by atoms with Crippen LogP contribution in [0.5, 0.6) is 0 Å². The summed E-state index contributed by atoms with van der Waals surface area (Å²) in [6.07, 6.45) is 0. The molecule has 0 radical (unpaired) electrons. The quantitative estimate of drug-likeness (QED) is 0.676. The van der Waals surface area contributed by atoms with Gasteiger partial charge >= 0.3 is 5.69 Å². The molecule has 0 unspecified atom stereocenters. The molecular formula is C22H28N6O3. The van der Waals surface area contributed by atoms with Gasteiger partial charge in [-0.25, -0.2) is 4.79 Å². The SMILES string of the molecule is CC(=O)N1CCN(c2nc3c(c(=O)[nH]c(=O)n3C)n2CC(C)(C)c2ccccc2)CC1. The van der Waals surface area contributed by atoms with Gasteiger partial charge in [-0.3, -0.25) is 19.1 Å². The average molecular weight is 425 g/mol. The largest absolute Gasteiger partial charge is 0.339 e. The second-order valence-electron chi connectivity index (χ2n) is 8.73. The highest BCUT2D eigenvalue weighted by Crippen LogP contribution is 2.30. The maximum Gasteiger partial charge on any atom is 0.329 e. The molecule has 9 heteroatoms. The molecule has 31 heavy (non-hydrogen) atoms. The molecule has 1 N–H and O–H groups in total. The number of anilines is 1. The Morgan fingerprint density at radius 2 is 1.74 bits per heavy atom. The number of amides is 1. The molecule has 1 aromatic carbocycles. The van der Waals surface area contributed by atoms with Crippen molar-refractivity contribution < 1.29 is 4.79 Å². The van der Waals surface area contributed by atoms with Gasteiger partial charge in [0.05, 0.1) is 0 Å². The van der Waals surface area contributed by atoms with Gasteiger partial charge in [0.25, 0.3) is 5.56 Å². The predicted octanol–water partition coefficient (Wildman–Crippen LogP) is 1.07. The minimum absolute atomic E-state index is 0.0530. The van der Waals surface area contributed by atoms with E-state index >= 15 is 0 Å². The minimum Gasteiger partial charge on any atom is -0.339 e. The zero-order valence-corrected chi connectivity index (χ0v) is 18.4. The highest BCUT2D eigenvalue weighted by molar-refractivity contribution is 5.75. The van der Waals surface area contributed by atoms with E-state index in [1.807, 2.05) is 22.8 Å². The van der Waals surface area contributed by atoms with Crippen molar-refractivity contribution in [3.63, 3.8) is 0 Å². The Labute approximate surface area is 179 Å². The smallest absolute Gasteiger partial charge is 0.329 e. The van der Waals surface area contributed by atoms with E-state index in [0.29, 0.717) is 49.8 Å². The molecule has 3 aromatic rings. The van der Waals surface area contributed by atoms with Gasteiger partial charge < -0.3 is 14.4 Å². The van der Waals surface area contributed by atoms with Crippen molar-refractivity contribution in [2.24, 2.45) is 7.05 Å². The van der Waals surface area contributed by atoms with Crippen LogP contribution in [-0.4, -0.2) is 56.1 Å². The first kappa shape index (κ1) is 20.9. The molecule has 0 aliphatic carbocycles. The van der Waals surface area contributed by atoms with Gasteiger partial charge in [-0.15, -0.1) is 0 Å². The van der Waals surface area contributed by atoms with Gasteiger partial charge in [-0.2, -0.15) is 4.98 Å². The van der Waals surface area contributed by atoms with Crippen molar-refractivity contribution in [1.82, 2.24) is 24.0 Å². The number of nitrogens with one attached hydrogen (secondary N) is 1. The van der Waals surface area contributed by atoms with E-state index in [-0.39, 0.29) is 11.3 Å². The number of H-pyrrole nitrogens is 1. The van der Waals surface area contributed by atoms with Gasteiger partial charge in [0.2, 0.25) is 11.9 Å². The lowest BCUT2D eigenvalue weighted by Crippen LogP contribution is -2.49. The first-order chi connectivity index (χ1) is 14.7. The van der Waals surface area contributed by atoms with Gasteiger partial charge in [0, 0.05) is 52.1 Å². The molecule has 1 aliphatic rings. The molecule has 1 aliphatic heterocycles. The van der Waals surface area contributed by atoms with Crippen molar-refractivity contribution in [3.05, 3.63) is 56.7 Å². The second kappa shape index (κ2) is 7.72. The lowest BCUT2D eigenvalue weighted by Gasteiger charge is -2.36. The van der Waals surface area contributed by atoms with Crippen molar-refractivity contribution in [3.8, 4) is 0 Å². The molecule has 3 heterocycles. The summed E-state index contributed by atoms with van der Waals surface area (Å²) < 4.78 is 3.29. The average Bonchev–Trinajstić information content (AvgIpc) is 3.12. The Balaban J connectivity index is 1.83. The topological polar surface area (TPSA) is 96.2 Å². The van der Waals surface area contributed by atoms with E-state index in [1.165, 1.54) is 4.57 Å². The fraction of sp³-hybridized carbons (Fsp3) is 0.455. The van der Waals surface area contributed by atoms with E-state index in [4.69, 9.17) is 4.98 Å². The number of carbonyl (C=O) groups is 1. The van der Waals surface area contributed by atoms with Crippen LogP contribution >= 0.6 is 0 Å². The third-order valence-corrected chi connectivity index (χ3v) is 6.10. The summed E-state index contributed by atoms with van der Waals surface area (Å²) in [6.45, 7) is 8.75. The van der Waals surface area contributed by atoms with Crippen LogP contribution in [0.1, 0.15) is 26.3 Å². The van der Waals surface area contributed by atoms with E-state index in [0.717, 1.165) is 5.56 Å². The van der Waals surface area contributed by atoms with E-state index in [1.54, 1.807) is 18.9 Å². The van der Waals surface area contributed by atoms with Crippen LogP contribution in [0, 0.1) is 0 Å². The number of benzene rings is 1. The molecule has 164 valence electrons. The van der Waals surface area contributed by atoms with Crippen LogP contribution in [0.4, 0.5) is 5.95 Å². The van der Waals surface area contributed by atoms with Crippen molar-refractivity contribution in [2.75, 3.05) is 31.1 Å². The fourth-order valence-electron chi connectivity index (χ4n) is 4.21. The number of hydrogen-bond donors (Lipinski definition) is 1. The van der Waals surface area contributed by atoms with Crippen LogP contribution in [0.3, 0.4) is 0 Å². The molecular weight excluding hydrogens is 396 g/mol. The first-order valence-corrected chi connectivity index (χ1v) is 10.4. The molecule has 0 spiro atoms. The van der Waals surface area contributed by atoms with Crippen LogP contribution in [0.25, 0.3) is 11.2 Å². The number of imidazole rings is 1. The number of piperazine rings is 1. The lowest BCUT2D eigenvalue weighted by atomic mass is 9.84. The number of aryl methyl sites for hydroxylation is 1. The highest BCUT2D eigenvalue weighted by atomic mass is 16.2. The molecule has 4 rings (SSSR count). The second-order valence-corrected chi connectivity index (χ2v) is 8.73. The number of nitrogens with zero attached hydrogens (tertiary/aromatic N) is 5. The summed E-state index contributed by atoms with van der Waals surface area (Å²) in [5.41, 5.74) is 0.675. The van der Waals surface area contributed by atoms with E-state index < -0.39 is 11.2 Å². The first-order valence-electron chi connectivity index (χ1n) is 10.4. The summed E-state index contributed by atoms with van der Waals surface area (Å²) in [5.74, 6) is 0.700. The lowest BCUT2D eigenvalue weighted by molar-refractivity contribution is -0.129. The van der Waals surface area contributed by atoms with Crippen LogP contribution in [0.2, 0.25) is 0 Å². The van der Waals surface area contributed by atoms with Crippen LogP contribution in [0.15, 0.2) is 39.9 Å². The van der Waals surface area contributed by atoms with Crippen LogP contribution in [-0.2, 0) is 23.8 Å². The summed E-state index contributed by atoms with van der Waals surface area (Å²) in [6, 6.07) is 10.1. The predicted molar refractivity (Wildman–Crippen MR) is 120 cm³/mol. The van der Waals surface area contributed by atoms with E-state index in [2.05, 4.69) is 35.9 Å².